The fourth-order valence-electron chi connectivity index (χ4n) is 2.14. The van der Waals surface area contributed by atoms with E-state index in [4.69, 9.17) is 0 Å². The van der Waals surface area contributed by atoms with Gasteiger partial charge in [-0.2, -0.15) is 0 Å². The molecule has 0 N–H and O–H groups in total. The molecule has 19 heavy (non-hydrogen) atoms. The number of carbonyl (C=O) groups excluding carboxylic acids is 1. The summed E-state index contributed by atoms with van der Waals surface area (Å²) in [7, 11) is 0. The van der Waals surface area contributed by atoms with Crippen molar-refractivity contribution >= 4 is 17.2 Å². The second-order valence-electron chi connectivity index (χ2n) is 4.66. The van der Waals surface area contributed by atoms with E-state index in [1.807, 2.05) is 11.8 Å². The summed E-state index contributed by atoms with van der Waals surface area (Å²) in [6, 6.07) is 6.24. The van der Waals surface area contributed by atoms with Gasteiger partial charge in [0.15, 0.2) is 0 Å². The standard InChI is InChI=1S/C14H16N2O3/c1-11(10-14(17)15-8-2-3-9-15)12-4-6-13(7-5-12)16(18)19/h4-7,10H,2-3,8-9H2,1H3/b11-10+. The molecule has 0 aromatic heterocycles. The van der Waals surface area contributed by atoms with Gasteiger partial charge < -0.3 is 4.90 Å². The summed E-state index contributed by atoms with van der Waals surface area (Å²) in [4.78, 5) is 23.9. The highest BCUT2D eigenvalue weighted by Gasteiger charge is 2.16. The van der Waals surface area contributed by atoms with Crippen molar-refractivity contribution in [3.63, 3.8) is 0 Å². The molecule has 100 valence electrons. The third-order valence-electron chi connectivity index (χ3n) is 3.29. The Labute approximate surface area is 111 Å². The SMILES string of the molecule is C/C(=C\C(=O)N1CCCC1)c1ccc([N+](=O)[O-])cc1. The zero-order chi connectivity index (χ0) is 13.8. The second kappa shape index (κ2) is 5.65. The lowest BCUT2D eigenvalue weighted by Gasteiger charge is -2.13. The van der Waals surface area contributed by atoms with Crippen LogP contribution in [0.3, 0.4) is 0 Å². The molecule has 0 saturated carbocycles. The molecule has 1 aromatic rings. The molecule has 5 heteroatoms. The maximum atomic E-state index is 11.9. The van der Waals surface area contributed by atoms with Crippen LogP contribution in [0, 0.1) is 10.1 Å². The lowest BCUT2D eigenvalue weighted by Crippen LogP contribution is -2.25. The van der Waals surface area contributed by atoms with Gasteiger partial charge in [-0.15, -0.1) is 0 Å². The molecule has 1 saturated heterocycles. The molecule has 1 amide bonds. The van der Waals surface area contributed by atoms with E-state index in [0.29, 0.717) is 0 Å². The molecule has 0 unspecified atom stereocenters. The fourth-order valence-corrected chi connectivity index (χ4v) is 2.14. The van der Waals surface area contributed by atoms with Crippen LogP contribution in [-0.2, 0) is 4.79 Å². The molecule has 1 aliphatic heterocycles. The van der Waals surface area contributed by atoms with Crippen LogP contribution in [0.15, 0.2) is 30.3 Å². The summed E-state index contributed by atoms with van der Waals surface area (Å²) in [5.41, 5.74) is 1.72. The molecule has 5 nitrogen and oxygen atoms in total. The molecule has 0 bridgehead atoms. The Morgan fingerprint density at radius 3 is 2.37 bits per heavy atom. The van der Waals surface area contributed by atoms with Crippen molar-refractivity contribution in [3.05, 3.63) is 46.0 Å². The third kappa shape index (κ3) is 3.19. The predicted octanol–water partition coefficient (Wildman–Crippen LogP) is 2.62. The van der Waals surface area contributed by atoms with Gasteiger partial charge >= 0.3 is 0 Å². The van der Waals surface area contributed by atoms with Gasteiger partial charge in [0.25, 0.3) is 5.69 Å². The van der Waals surface area contributed by atoms with Gasteiger partial charge in [-0.3, -0.25) is 14.9 Å². The number of nitrogens with zero attached hydrogens (tertiary/aromatic N) is 2. The number of hydrogen-bond donors (Lipinski definition) is 0. The molecule has 1 aliphatic rings. The molecule has 0 aliphatic carbocycles. The van der Waals surface area contributed by atoms with Crippen molar-refractivity contribution in [3.8, 4) is 0 Å². The average Bonchev–Trinajstić information content (AvgIpc) is 2.92. The number of benzene rings is 1. The summed E-state index contributed by atoms with van der Waals surface area (Å²) >= 11 is 0. The summed E-state index contributed by atoms with van der Waals surface area (Å²) in [5.74, 6) is 0.0216. The maximum Gasteiger partial charge on any atom is 0.269 e. The van der Waals surface area contributed by atoms with Crippen LogP contribution in [0.2, 0.25) is 0 Å². The van der Waals surface area contributed by atoms with E-state index in [1.54, 1.807) is 18.2 Å². The number of carbonyl (C=O) groups is 1. The topological polar surface area (TPSA) is 63.5 Å². The van der Waals surface area contributed by atoms with Crippen LogP contribution in [0.25, 0.3) is 5.57 Å². The highest BCUT2D eigenvalue weighted by atomic mass is 16.6. The van der Waals surface area contributed by atoms with Crippen LogP contribution in [0.4, 0.5) is 5.69 Å². The molecule has 1 fully saturated rings. The Balaban J connectivity index is 2.11. The highest BCUT2D eigenvalue weighted by Crippen LogP contribution is 2.19. The number of non-ortho nitro benzene ring substituents is 1. The number of nitro benzene ring substituents is 1. The van der Waals surface area contributed by atoms with Crippen molar-refractivity contribution in [1.29, 1.82) is 0 Å². The smallest absolute Gasteiger partial charge is 0.269 e. The van der Waals surface area contributed by atoms with E-state index in [0.717, 1.165) is 37.1 Å². The largest absolute Gasteiger partial charge is 0.339 e. The summed E-state index contributed by atoms with van der Waals surface area (Å²) in [6.45, 7) is 3.49. The van der Waals surface area contributed by atoms with E-state index in [1.165, 1.54) is 12.1 Å². The lowest BCUT2D eigenvalue weighted by atomic mass is 10.1. The molecule has 2 rings (SSSR count). The normalized spacial score (nSPS) is 15.6. The van der Waals surface area contributed by atoms with Gasteiger partial charge in [-0.1, -0.05) is 0 Å². The van der Waals surface area contributed by atoms with E-state index in [2.05, 4.69) is 0 Å². The van der Waals surface area contributed by atoms with Crippen molar-refractivity contribution in [2.75, 3.05) is 13.1 Å². The van der Waals surface area contributed by atoms with Gasteiger partial charge in [0.1, 0.15) is 0 Å². The maximum absolute atomic E-state index is 11.9. The van der Waals surface area contributed by atoms with Crippen LogP contribution < -0.4 is 0 Å². The number of amides is 1. The lowest BCUT2D eigenvalue weighted by molar-refractivity contribution is -0.384. The van der Waals surface area contributed by atoms with Crippen LogP contribution in [0.1, 0.15) is 25.3 Å². The van der Waals surface area contributed by atoms with E-state index in [9.17, 15) is 14.9 Å². The van der Waals surface area contributed by atoms with Crippen LogP contribution in [-0.4, -0.2) is 28.8 Å². The zero-order valence-corrected chi connectivity index (χ0v) is 10.8. The summed E-state index contributed by atoms with van der Waals surface area (Å²) in [6.07, 6.45) is 3.73. The molecule has 0 atom stereocenters. The molecule has 1 heterocycles. The molecule has 1 aromatic carbocycles. The van der Waals surface area contributed by atoms with Crippen molar-refractivity contribution in [2.24, 2.45) is 0 Å². The van der Waals surface area contributed by atoms with Crippen molar-refractivity contribution < 1.29 is 9.72 Å². The van der Waals surface area contributed by atoms with Crippen LogP contribution >= 0.6 is 0 Å². The first-order valence-corrected chi connectivity index (χ1v) is 6.30. The minimum absolute atomic E-state index is 0.0216. The van der Waals surface area contributed by atoms with Gasteiger partial charge in [-0.05, 0) is 43.0 Å². The van der Waals surface area contributed by atoms with Crippen molar-refractivity contribution in [2.45, 2.75) is 19.8 Å². The molecule has 0 radical (unpaired) electrons. The number of hydrogen-bond acceptors (Lipinski definition) is 3. The first-order valence-electron chi connectivity index (χ1n) is 6.30. The fraction of sp³-hybridized carbons (Fsp3) is 0.357. The first kappa shape index (κ1) is 13.3. The molecular weight excluding hydrogens is 244 g/mol. The Kier molecular flexibility index (Phi) is 3.94. The predicted molar refractivity (Wildman–Crippen MR) is 72.6 cm³/mol. The zero-order valence-electron chi connectivity index (χ0n) is 10.8. The van der Waals surface area contributed by atoms with E-state index < -0.39 is 4.92 Å². The quantitative estimate of drug-likeness (QED) is 0.476. The Bertz CT molecular complexity index is 514. The Morgan fingerprint density at radius 2 is 1.84 bits per heavy atom. The van der Waals surface area contributed by atoms with Gasteiger partial charge in [0.2, 0.25) is 5.91 Å². The Hall–Kier alpha value is -2.17. The van der Waals surface area contributed by atoms with Crippen molar-refractivity contribution in [1.82, 2.24) is 4.90 Å². The second-order valence-corrected chi connectivity index (χ2v) is 4.66. The highest BCUT2D eigenvalue weighted by molar-refractivity contribution is 5.95. The average molecular weight is 260 g/mol. The monoisotopic (exact) mass is 260 g/mol. The van der Waals surface area contributed by atoms with Crippen LogP contribution in [0.5, 0.6) is 0 Å². The summed E-state index contributed by atoms with van der Waals surface area (Å²) in [5, 5.41) is 10.6. The molecular formula is C14H16N2O3. The number of rotatable bonds is 3. The molecule has 0 spiro atoms. The van der Waals surface area contributed by atoms with E-state index >= 15 is 0 Å². The number of allylic oxidation sites excluding steroid dienone is 1. The summed E-state index contributed by atoms with van der Waals surface area (Å²) < 4.78 is 0. The Morgan fingerprint density at radius 1 is 1.26 bits per heavy atom. The van der Waals surface area contributed by atoms with Gasteiger partial charge in [0.05, 0.1) is 4.92 Å². The number of nitro groups is 1. The minimum atomic E-state index is -0.432. The minimum Gasteiger partial charge on any atom is -0.339 e. The van der Waals surface area contributed by atoms with Gasteiger partial charge in [0, 0.05) is 31.3 Å². The van der Waals surface area contributed by atoms with E-state index in [-0.39, 0.29) is 11.6 Å². The number of likely N-dealkylation sites (tertiary alicyclic amines) is 1. The first-order chi connectivity index (χ1) is 9.08. The van der Waals surface area contributed by atoms with Gasteiger partial charge in [-0.25, -0.2) is 0 Å². The third-order valence-corrected chi connectivity index (χ3v) is 3.29.